The number of rotatable bonds is 7. The molecule has 0 aliphatic rings. The minimum atomic E-state index is -0.520. The molecule has 0 N–H and O–H groups in total. The van der Waals surface area contributed by atoms with Crippen molar-refractivity contribution in [2.24, 2.45) is 0 Å². The Morgan fingerprint density at radius 1 is 1.04 bits per heavy atom. The van der Waals surface area contributed by atoms with Gasteiger partial charge in [-0.2, -0.15) is 11.3 Å². The predicted octanol–water partition coefficient (Wildman–Crippen LogP) is 4.25. The number of ether oxygens (including phenoxy) is 4. The molecule has 26 heavy (non-hydrogen) atoms. The van der Waals surface area contributed by atoms with Crippen LogP contribution in [0.15, 0.2) is 34.3 Å². The van der Waals surface area contributed by atoms with Gasteiger partial charge < -0.3 is 18.9 Å². The molecule has 0 aliphatic heterocycles. The van der Waals surface area contributed by atoms with Gasteiger partial charge in [-0.05, 0) is 23.6 Å². The molecule has 1 aromatic carbocycles. The van der Waals surface area contributed by atoms with Crippen molar-refractivity contribution in [2.45, 2.75) is 6.61 Å². The first kappa shape index (κ1) is 18.2. The van der Waals surface area contributed by atoms with E-state index >= 15 is 0 Å². The lowest BCUT2D eigenvalue weighted by Crippen LogP contribution is -2.09. The third-order valence-corrected chi connectivity index (χ3v) is 5.22. The van der Waals surface area contributed by atoms with Gasteiger partial charge in [0, 0.05) is 16.3 Å². The summed E-state index contributed by atoms with van der Waals surface area (Å²) in [5.41, 5.74) is 2.03. The van der Waals surface area contributed by atoms with Crippen LogP contribution in [-0.4, -0.2) is 32.3 Å². The largest absolute Gasteiger partial charge is 0.493 e. The average molecular weight is 391 g/mol. The third-order valence-electron chi connectivity index (χ3n) is 3.60. The Labute approximate surface area is 158 Å². The second-order valence-corrected chi connectivity index (χ2v) is 6.75. The van der Waals surface area contributed by atoms with Crippen molar-refractivity contribution in [2.75, 3.05) is 21.3 Å². The van der Waals surface area contributed by atoms with E-state index in [4.69, 9.17) is 18.9 Å². The van der Waals surface area contributed by atoms with E-state index in [1.165, 1.54) is 32.7 Å². The van der Waals surface area contributed by atoms with E-state index in [1.807, 2.05) is 22.2 Å². The minimum Gasteiger partial charge on any atom is -0.493 e. The highest BCUT2D eigenvalue weighted by molar-refractivity contribution is 7.14. The molecule has 0 bridgehead atoms. The molecule has 0 aliphatic carbocycles. The van der Waals surface area contributed by atoms with Crippen molar-refractivity contribution in [3.63, 3.8) is 0 Å². The Kier molecular flexibility index (Phi) is 5.75. The van der Waals surface area contributed by atoms with E-state index in [0.717, 1.165) is 10.6 Å². The Morgan fingerprint density at radius 3 is 2.50 bits per heavy atom. The van der Waals surface area contributed by atoms with E-state index in [-0.39, 0.29) is 17.9 Å². The van der Waals surface area contributed by atoms with Gasteiger partial charge in [-0.15, -0.1) is 11.3 Å². The number of carbonyl (C=O) groups is 1. The molecule has 0 radical (unpaired) electrons. The summed E-state index contributed by atoms with van der Waals surface area (Å²) in [5.74, 6) is 0.570. The van der Waals surface area contributed by atoms with Gasteiger partial charge in [0.1, 0.15) is 17.2 Å². The first-order chi connectivity index (χ1) is 12.7. The van der Waals surface area contributed by atoms with Crippen molar-refractivity contribution in [3.05, 3.63) is 45.6 Å². The van der Waals surface area contributed by atoms with Crippen LogP contribution in [0.4, 0.5) is 0 Å². The molecule has 0 unspecified atom stereocenters. The number of hydrogen-bond acceptors (Lipinski definition) is 8. The third kappa shape index (κ3) is 3.66. The number of benzene rings is 1. The van der Waals surface area contributed by atoms with Gasteiger partial charge in [0.15, 0.2) is 11.5 Å². The Morgan fingerprint density at radius 2 is 1.85 bits per heavy atom. The molecule has 2 aromatic heterocycles. The Bertz CT molecular complexity index is 889. The molecule has 0 amide bonds. The molecule has 8 heteroatoms. The van der Waals surface area contributed by atoms with Crippen LogP contribution in [-0.2, 0) is 11.3 Å². The number of thiazole rings is 1. The topological polar surface area (TPSA) is 66.9 Å². The van der Waals surface area contributed by atoms with Crippen molar-refractivity contribution < 1.29 is 23.7 Å². The monoisotopic (exact) mass is 391 g/mol. The van der Waals surface area contributed by atoms with Crippen LogP contribution in [0.5, 0.6) is 17.2 Å². The first-order valence-corrected chi connectivity index (χ1v) is 9.43. The molecular weight excluding hydrogens is 374 g/mol. The summed E-state index contributed by atoms with van der Waals surface area (Å²) in [6.45, 7) is 0.0803. The number of thiophene rings is 1. The van der Waals surface area contributed by atoms with Crippen LogP contribution in [0.25, 0.3) is 10.6 Å². The second kappa shape index (κ2) is 8.20. The summed E-state index contributed by atoms with van der Waals surface area (Å²) in [6, 6.07) is 5.23. The molecule has 3 aromatic rings. The first-order valence-electron chi connectivity index (χ1n) is 7.61. The van der Waals surface area contributed by atoms with E-state index in [1.54, 1.807) is 23.5 Å². The Hall–Kier alpha value is -2.58. The molecule has 0 spiro atoms. The maximum absolute atomic E-state index is 12.5. The lowest BCUT2D eigenvalue weighted by atomic mass is 10.1. The zero-order valence-corrected chi connectivity index (χ0v) is 16.1. The number of hydrogen-bond donors (Lipinski definition) is 0. The van der Waals surface area contributed by atoms with Gasteiger partial charge in [0.2, 0.25) is 5.75 Å². The molecule has 0 saturated carbocycles. The molecule has 0 atom stereocenters. The van der Waals surface area contributed by atoms with Gasteiger partial charge in [0.05, 0.1) is 27.0 Å². The van der Waals surface area contributed by atoms with Gasteiger partial charge >= 0.3 is 5.97 Å². The van der Waals surface area contributed by atoms with Crippen LogP contribution < -0.4 is 14.2 Å². The SMILES string of the molecule is COc1ccc(C(=O)OCc2csc(-c3ccsc3)n2)c(OC)c1OC. The zero-order valence-electron chi connectivity index (χ0n) is 14.5. The average Bonchev–Trinajstić information content (AvgIpc) is 3.35. The summed E-state index contributed by atoms with van der Waals surface area (Å²) in [4.78, 5) is 17.0. The van der Waals surface area contributed by atoms with Crippen LogP contribution in [0.3, 0.4) is 0 Å². The van der Waals surface area contributed by atoms with Crippen molar-refractivity contribution in [3.8, 4) is 27.8 Å². The lowest BCUT2D eigenvalue weighted by Gasteiger charge is -2.14. The Balaban J connectivity index is 1.74. The van der Waals surface area contributed by atoms with Crippen molar-refractivity contribution >= 4 is 28.6 Å². The molecule has 0 fully saturated rings. The highest BCUT2D eigenvalue weighted by Gasteiger charge is 2.22. The number of methoxy groups -OCH3 is 3. The maximum atomic E-state index is 12.5. The van der Waals surface area contributed by atoms with Crippen LogP contribution in [0.1, 0.15) is 16.1 Å². The fourth-order valence-corrected chi connectivity index (χ4v) is 3.89. The number of carbonyl (C=O) groups excluding carboxylic acids is 1. The molecule has 2 heterocycles. The van der Waals surface area contributed by atoms with E-state index < -0.39 is 5.97 Å². The van der Waals surface area contributed by atoms with E-state index in [9.17, 15) is 4.79 Å². The highest BCUT2D eigenvalue weighted by Crippen LogP contribution is 2.40. The maximum Gasteiger partial charge on any atom is 0.342 e. The van der Waals surface area contributed by atoms with Crippen molar-refractivity contribution in [1.29, 1.82) is 0 Å². The van der Waals surface area contributed by atoms with E-state index in [0.29, 0.717) is 17.2 Å². The molecule has 136 valence electrons. The summed E-state index contributed by atoms with van der Waals surface area (Å²) in [6.07, 6.45) is 0. The van der Waals surface area contributed by atoms with Gasteiger partial charge in [0.25, 0.3) is 0 Å². The summed E-state index contributed by atoms with van der Waals surface area (Å²) in [7, 11) is 4.46. The summed E-state index contributed by atoms with van der Waals surface area (Å²) >= 11 is 3.13. The second-order valence-electron chi connectivity index (χ2n) is 5.11. The number of aromatic nitrogens is 1. The van der Waals surface area contributed by atoms with Crippen LogP contribution >= 0.6 is 22.7 Å². The van der Waals surface area contributed by atoms with Crippen LogP contribution in [0.2, 0.25) is 0 Å². The smallest absolute Gasteiger partial charge is 0.342 e. The standard InChI is InChI=1S/C18H17NO5S2/c1-21-14-5-4-13(15(22-2)16(14)23-3)18(20)24-8-12-10-26-17(19-12)11-6-7-25-9-11/h4-7,9-10H,8H2,1-3H3. The summed E-state index contributed by atoms with van der Waals surface area (Å²) in [5, 5.41) is 6.82. The quantitative estimate of drug-likeness (QED) is 0.561. The van der Waals surface area contributed by atoms with Gasteiger partial charge in [-0.3, -0.25) is 0 Å². The highest BCUT2D eigenvalue weighted by atomic mass is 32.1. The van der Waals surface area contributed by atoms with Gasteiger partial charge in [-0.25, -0.2) is 9.78 Å². The normalized spacial score (nSPS) is 10.4. The predicted molar refractivity (Wildman–Crippen MR) is 101 cm³/mol. The molecule has 0 saturated heterocycles. The number of nitrogens with zero attached hydrogens (tertiary/aromatic N) is 1. The fourth-order valence-electron chi connectivity index (χ4n) is 2.37. The molecule has 3 rings (SSSR count). The van der Waals surface area contributed by atoms with Gasteiger partial charge in [-0.1, -0.05) is 0 Å². The summed E-state index contributed by atoms with van der Waals surface area (Å²) < 4.78 is 21.2. The van der Waals surface area contributed by atoms with E-state index in [2.05, 4.69) is 4.98 Å². The zero-order chi connectivity index (χ0) is 18.5. The van der Waals surface area contributed by atoms with Crippen molar-refractivity contribution in [1.82, 2.24) is 4.98 Å². The fraction of sp³-hybridized carbons (Fsp3) is 0.222. The van der Waals surface area contributed by atoms with Crippen LogP contribution in [0, 0.1) is 0 Å². The number of esters is 1. The molecule has 6 nitrogen and oxygen atoms in total. The lowest BCUT2D eigenvalue weighted by molar-refractivity contribution is 0.0464. The minimum absolute atomic E-state index is 0.0803. The molecular formula is C18H17NO5S2.